The van der Waals surface area contributed by atoms with Crippen molar-refractivity contribution < 1.29 is 4.42 Å². The van der Waals surface area contributed by atoms with Crippen molar-refractivity contribution in [2.45, 2.75) is 12.8 Å². The van der Waals surface area contributed by atoms with Gasteiger partial charge in [0.1, 0.15) is 11.2 Å². The largest absolute Gasteiger partial charge is 0.456 e. The number of rotatable bonds is 3. The summed E-state index contributed by atoms with van der Waals surface area (Å²) < 4.78 is 11.1. The number of aromatic nitrogens is 2. The summed E-state index contributed by atoms with van der Waals surface area (Å²) in [4.78, 5) is 0. The van der Waals surface area contributed by atoms with Crippen molar-refractivity contribution in [2.75, 3.05) is 0 Å². The highest BCUT2D eigenvalue weighted by Crippen LogP contribution is 2.38. The van der Waals surface area contributed by atoms with Gasteiger partial charge in [0.15, 0.2) is 0 Å². The second-order valence-electron chi connectivity index (χ2n) is 11.0. The fraction of sp³-hybridized carbons (Fsp3) is 0.0526. The quantitative estimate of drug-likeness (QED) is 0.225. The van der Waals surface area contributed by atoms with Crippen LogP contribution in [0.5, 0.6) is 0 Å². The Morgan fingerprint density at radius 3 is 1.93 bits per heavy atom. The lowest BCUT2D eigenvalue weighted by atomic mass is 10.00. The monoisotopic (exact) mass is 526 g/mol. The minimum Gasteiger partial charge on any atom is -0.456 e. The molecular formula is C38H26N2O. The van der Waals surface area contributed by atoms with E-state index < -0.39 is 0 Å². The number of para-hydroxylation sites is 2. The third kappa shape index (κ3) is 3.14. The molecule has 0 saturated carbocycles. The highest BCUT2D eigenvalue weighted by Gasteiger charge is 2.20. The first kappa shape index (κ1) is 22.5. The van der Waals surface area contributed by atoms with Crippen LogP contribution in [0.3, 0.4) is 0 Å². The Morgan fingerprint density at radius 2 is 1.24 bits per heavy atom. The molecule has 41 heavy (non-hydrogen) atoms. The minimum atomic E-state index is 0.900. The highest BCUT2D eigenvalue weighted by molar-refractivity contribution is 6.11. The topological polar surface area (TPSA) is 23.0 Å². The first-order valence-corrected chi connectivity index (χ1v) is 14.2. The zero-order chi connectivity index (χ0) is 27.1. The predicted octanol–water partition coefficient (Wildman–Crippen LogP) is 10.2. The molecule has 194 valence electrons. The molecule has 3 aromatic heterocycles. The Kier molecular flexibility index (Phi) is 4.59. The van der Waals surface area contributed by atoms with E-state index in [-0.39, 0.29) is 0 Å². The van der Waals surface area contributed by atoms with Crippen LogP contribution in [-0.4, -0.2) is 9.13 Å². The molecule has 0 atom stereocenters. The van der Waals surface area contributed by atoms with Gasteiger partial charge in [-0.2, -0.15) is 0 Å². The van der Waals surface area contributed by atoms with Crippen molar-refractivity contribution in [3.8, 4) is 11.4 Å². The van der Waals surface area contributed by atoms with Gasteiger partial charge in [-0.1, -0.05) is 61.2 Å². The molecular weight excluding hydrogens is 500 g/mol. The summed E-state index contributed by atoms with van der Waals surface area (Å²) in [5.41, 5.74) is 11.6. The van der Waals surface area contributed by atoms with Crippen LogP contribution in [0.1, 0.15) is 23.2 Å². The summed E-state index contributed by atoms with van der Waals surface area (Å²) in [6.07, 6.45) is 8.62. The van der Waals surface area contributed by atoms with Crippen LogP contribution in [0.25, 0.3) is 78.2 Å². The summed E-state index contributed by atoms with van der Waals surface area (Å²) >= 11 is 0. The lowest BCUT2D eigenvalue weighted by molar-refractivity contribution is 0.669. The second-order valence-corrected chi connectivity index (χ2v) is 11.0. The minimum absolute atomic E-state index is 0.900. The van der Waals surface area contributed by atoms with Gasteiger partial charge in [-0.15, -0.1) is 0 Å². The number of nitrogens with zero attached hydrogens (tertiary/aromatic N) is 2. The average molecular weight is 527 g/mol. The van der Waals surface area contributed by atoms with Crippen molar-refractivity contribution in [2.24, 2.45) is 0 Å². The summed E-state index contributed by atoms with van der Waals surface area (Å²) in [5.74, 6) is 0. The van der Waals surface area contributed by atoms with E-state index in [1.165, 1.54) is 44.0 Å². The predicted molar refractivity (Wildman–Crippen MR) is 172 cm³/mol. The van der Waals surface area contributed by atoms with Gasteiger partial charge < -0.3 is 13.6 Å². The van der Waals surface area contributed by atoms with E-state index in [1.807, 2.05) is 6.08 Å². The number of allylic oxidation sites excluding steroid dienone is 1. The summed E-state index contributed by atoms with van der Waals surface area (Å²) in [6, 6.07) is 37.1. The molecule has 3 heteroatoms. The second kappa shape index (κ2) is 8.36. The van der Waals surface area contributed by atoms with Gasteiger partial charge in [0, 0.05) is 44.0 Å². The molecule has 1 aliphatic rings. The zero-order valence-corrected chi connectivity index (χ0v) is 22.5. The average Bonchev–Trinajstić information content (AvgIpc) is 3.67. The van der Waals surface area contributed by atoms with Crippen molar-refractivity contribution in [1.29, 1.82) is 0 Å². The molecule has 0 amide bonds. The lowest BCUT2D eigenvalue weighted by Gasteiger charge is -2.12. The number of aryl methyl sites for hydroxylation is 1. The van der Waals surface area contributed by atoms with Crippen molar-refractivity contribution in [3.05, 3.63) is 133 Å². The van der Waals surface area contributed by atoms with Crippen molar-refractivity contribution >= 4 is 66.8 Å². The number of benzene rings is 5. The van der Waals surface area contributed by atoms with Gasteiger partial charge in [-0.3, -0.25) is 0 Å². The Bertz CT molecular complexity index is 2340. The molecule has 0 N–H and O–H groups in total. The Balaban J connectivity index is 1.30. The Morgan fingerprint density at radius 1 is 0.610 bits per heavy atom. The van der Waals surface area contributed by atoms with E-state index in [2.05, 4.69) is 131 Å². The molecule has 0 bridgehead atoms. The van der Waals surface area contributed by atoms with E-state index in [1.54, 1.807) is 0 Å². The first-order chi connectivity index (χ1) is 20.3. The molecule has 0 radical (unpaired) electrons. The molecule has 3 nitrogen and oxygen atoms in total. The smallest absolute Gasteiger partial charge is 0.135 e. The van der Waals surface area contributed by atoms with Crippen molar-refractivity contribution in [3.63, 3.8) is 0 Å². The fourth-order valence-corrected chi connectivity index (χ4v) is 6.89. The van der Waals surface area contributed by atoms with Gasteiger partial charge in [0.25, 0.3) is 0 Å². The van der Waals surface area contributed by atoms with Gasteiger partial charge in [0.05, 0.1) is 16.6 Å². The van der Waals surface area contributed by atoms with Gasteiger partial charge >= 0.3 is 0 Å². The van der Waals surface area contributed by atoms with Gasteiger partial charge in [-0.05, 0) is 90.7 Å². The number of hydrogen-bond donors (Lipinski definition) is 0. The van der Waals surface area contributed by atoms with E-state index in [4.69, 9.17) is 4.42 Å². The molecule has 1 aliphatic carbocycles. The summed E-state index contributed by atoms with van der Waals surface area (Å²) in [5, 5.41) is 6.08. The van der Waals surface area contributed by atoms with Crippen LogP contribution in [0.15, 0.2) is 120 Å². The van der Waals surface area contributed by atoms with E-state index in [9.17, 15) is 0 Å². The highest BCUT2D eigenvalue weighted by atomic mass is 16.3. The van der Waals surface area contributed by atoms with Crippen molar-refractivity contribution in [1.82, 2.24) is 9.13 Å². The molecule has 0 unspecified atom stereocenters. The number of hydrogen-bond acceptors (Lipinski definition) is 1. The first-order valence-electron chi connectivity index (χ1n) is 14.2. The maximum atomic E-state index is 6.36. The summed E-state index contributed by atoms with van der Waals surface area (Å²) in [6.45, 7) is 4.00. The van der Waals surface area contributed by atoms with Gasteiger partial charge in [-0.25, -0.2) is 0 Å². The normalized spacial score (nSPS) is 13.2. The molecule has 9 rings (SSSR count). The SMILES string of the molecule is C=Cc1ccc2c(c1)c1c(n2-c2ccc3oc4ccc(-n5c6ccccc6c6ccccc65)cc4c3c2)C=CCC1. The molecule has 0 fully saturated rings. The van der Waals surface area contributed by atoms with Crippen LogP contribution in [-0.2, 0) is 6.42 Å². The maximum Gasteiger partial charge on any atom is 0.135 e. The lowest BCUT2D eigenvalue weighted by Crippen LogP contribution is -2.00. The molecule has 0 saturated heterocycles. The van der Waals surface area contributed by atoms with Crippen LogP contribution in [0, 0.1) is 0 Å². The molecule has 8 aromatic rings. The van der Waals surface area contributed by atoms with E-state index in [0.29, 0.717) is 0 Å². The Hall–Kier alpha value is -5.28. The molecule has 0 aliphatic heterocycles. The molecule has 3 heterocycles. The van der Waals surface area contributed by atoms with Gasteiger partial charge in [0.2, 0.25) is 0 Å². The van der Waals surface area contributed by atoms with E-state index in [0.717, 1.165) is 51.7 Å². The van der Waals surface area contributed by atoms with Crippen LogP contribution < -0.4 is 0 Å². The standard InChI is InChI=1S/C38H26N2O/c1-2-24-15-18-36-30(21-24)29-11-5-8-14-35(29)40(36)26-17-20-38-32(23-26)31-22-25(16-19-37(31)41-38)39-33-12-6-3-9-27(33)28-10-4-7-13-34(28)39/h2-4,6-10,12-23H,1,5,11H2. The zero-order valence-electron chi connectivity index (χ0n) is 22.5. The van der Waals surface area contributed by atoms with Crippen LogP contribution >= 0.6 is 0 Å². The number of furan rings is 1. The number of fused-ring (bicyclic) bond motifs is 9. The third-order valence-electron chi connectivity index (χ3n) is 8.74. The molecule has 0 spiro atoms. The molecule has 5 aromatic carbocycles. The fourth-order valence-electron chi connectivity index (χ4n) is 6.89. The maximum absolute atomic E-state index is 6.36. The summed E-state index contributed by atoms with van der Waals surface area (Å²) in [7, 11) is 0. The Labute approximate surface area is 236 Å². The van der Waals surface area contributed by atoms with Crippen LogP contribution in [0.4, 0.5) is 0 Å². The van der Waals surface area contributed by atoms with Crippen LogP contribution in [0.2, 0.25) is 0 Å². The van der Waals surface area contributed by atoms with E-state index >= 15 is 0 Å². The third-order valence-corrected chi connectivity index (χ3v) is 8.74.